The van der Waals surface area contributed by atoms with E-state index in [0.717, 1.165) is 25.7 Å². The molecule has 0 aliphatic carbocycles. The highest BCUT2D eigenvalue weighted by Crippen LogP contribution is 2.48. The number of carbonyl (C=O) groups excluding carboxylic acids is 1. The average molecular weight is 294 g/mol. The van der Waals surface area contributed by atoms with Crippen LogP contribution in [-0.4, -0.2) is 31.4 Å². The Morgan fingerprint density at radius 1 is 1.05 bits per heavy atom. The minimum atomic E-state index is -3.37. The number of carbonyl (C=O) groups is 1. The van der Waals surface area contributed by atoms with Gasteiger partial charge >= 0.3 is 13.6 Å². The Balaban J connectivity index is 4.37. The van der Waals surface area contributed by atoms with Crippen molar-refractivity contribution in [3.8, 4) is 0 Å². The van der Waals surface area contributed by atoms with Crippen molar-refractivity contribution >= 4 is 13.6 Å². The van der Waals surface area contributed by atoms with Crippen LogP contribution in [0.3, 0.4) is 0 Å². The smallest absolute Gasteiger partial charge is 0.341 e. The van der Waals surface area contributed by atoms with Crippen LogP contribution in [0.2, 0.25) is 0 Å². The minimum absolute atomic E-state index is 0.229. The largest absolute Gasteiger partial charge is 0.462 e. The molecule has 0 aromatic carbocycles. The molecule has 19 heavy (non-hydrogen) atoms. The average Bonchev–Trinajstić information content (AvgIpc) is 2.28. The summed E-state index contributed by atoms with van der Waals surface area (Å²) < 4.78 is 28.0. The van der Waals surface area contributed by atoms with E-state index in [1.807, 2.05) is 13.8 Å². The number of ether oxygens (including phenoxy) is 1. The van der Waals surface area contributed by atoms with Crippen LogP contribution >= 0.6 is 7.60 Å². The first-order chi connectivity index (χ1) is 8.93. The number of hydrogen-bond acceptors (Lipinski definition) is 5. The van der Waals surface area contributed by atoms with E-state index in [1.165, 1.54) is 0 Å². The SMILES string of the molecule is CCCCOP(=O)(CC(=O)OC(C)C)OCCCC. The van der Waals surface area contributed by atoms with Crippen LogP contribution in [0.25, 0.3) is 0 Å². The maximum absolute atomic E-state index is 12.4. The van der Waals surface area contributed by atoms with Crippen molar-refractivity contribution in [3.05, 3.63) is 0 Å². The molecule has 0 atom stereocenters. The standard InChI is InChI=1S/C13H27O5P/c1-5-7-9-16-19(15,17-10-8-6-2)11-13(14)18-12(3)4/h12H,5-11H2,1-4H3. The molecule has 0 aliphatic rings. The van der Waals surface area contributed by atoms with Gasteiger partial charge < -0.3 is 13.8 Å². The fraction of sp³-hybridized carbons (Fsp3) is 0.923. The lowest BCUT2D eigenvalue weighted by molar-refractivity contribution is -0.144. The molecule has 0 amide bonds. The molecule has 6 heteroatoms. The molecule has 0 aromatic heterocycles. The molecule has 0 rings (SSSR count). The van der Waals surface area contributed by atoms with E-state index < -0.39 is 13.6 Å². The van der Waals surface area contributed by atoms with Gasteiger partial charge in [-0.1, -0.05) is 26.7 Å². The van der Waals surface area contributed by atoms with E-state index in [4.69, 9.17) is 13.8 Å². The van der Waals surface area contributed by atoms with Gasteiger partial charge in [0.1, 0.15) is 6.16 Å². The predicted molar refractivity (Wildman–Crippen MR) is 75.4 cm³/mol. The number of unbranched alkanes of at least 4 members (excludes halogenated alkanes) is 2. The molecule has 0 spiro atoms. The maximum atomic E-state index is 12.4. The summed E-state index contributed by atoms with van der Waals surface area (Å²) in [6, 6.07) is 0. The second kappa shape index (κ2) is 10.4. The van der Waals surface area contributed by atoms with Gasteiger partial charge in [-0.15, -0.1) is 0 Å². The van der Waals surface area contributed by atoms with Gasteiger partial charge in [0.05, 0.1) is 19.3 Å². The van der Waals surface area contributed by atoms with Crippen molar-refractivity contribution in [2.24, 2.45) is 0 Å². The van der Waals surface area contributed by atoms with Crippen molar-refractivity contribution in [2.45, 2.75) is 59.5 Å². The molecule has 0 fully saturated rings. The highest BCUT2D eigenvalue weighted by Gasteiger charge is 2.29. The molecule has 0 heterocycles. The van der Waals surface area contributed by atoms with Crippen LogP contribution in [0, 0.1) is 0 Å². The molecule has 0 aliphatic heterocycles. The van der Waals surface area contributed by atoms with E-state index in [-0.39, 0.29) is 12.3 Å². The van der Waals surface area contributed by atoms with Crippen molar-refractivity contribution in [1.29, 1.82) is 0 Å². The highest BCUT2D eigenvalue weighted by atomic mass is 31.2. The zero-order valence-corrected chi connectivity index (χ0v) is 13.4. The third-order valence-corrected chi connectivity index (χ3v) is 4.06. The lowest BCUT2D eigenvalue weighted by Gasteiger charge is -2.18. The van der Waals surface area contributed by atoms with Gasteiger partial charge in [-0.05, 0) is 26.7 Å². The third-order valence-electron chi connectivity index (χ3n) is 2.26. The normalized spacial score (nSPS) is 11.8. The van der Waals surface area contributed by atoms with Crippen molar-refractivity contribution in [2.75, 3.05) is 19.4 Å². The Morgan fingerprint density at radius 2 is 1.53 bits per heavy atom. The number of hydrogen-bond donors (Lipinski definition) is 0. The minimum Gasteiger partial charge on any atom is -0.462 e. The first-order valence-electron chi connectivity index (χ1n) is 7.01. The topological polar surface area (TPSA) is 61.8 Å². The fourth-order valence-corrected chi connectivity index (χ4v) is 2.75. The Kier molecular flexibility index (Phi) is 10.2. The quantitative estimate of drug-likeness (QED) is 0.330. The summed E-state index contributed by atoms with van der Waals surface area (Å²) in [5.41, 5.74) is 0. The van der Waals surface area contributed by atoms with E-state index >= 15 is 0 Å². The van der Waals surface area contributed by atoms with E-state index in [2.05, 4.69) is 0 Å². The lowest BCUT2D eigenvalue weighted by Crippen LogP contribution is -2.17. The molecule has 0 saturated heterocycles. The van der Waals surface area contributed by atoms with Gasteiger partial charge in [0.25, 0.3) is 0 Å². The molecule has 0 unspecified atom stereocenters. The molecular weight excluding hydrogens is 267 g/mol. The van der Waals surface area contributed by atoms with Crippen LogP contribution in [-0.2, 0) is 23.1 Å². The first kappa shape index (κ1) is 18.6. The predicted octanol–water partition coefficient (Wildman–Crippen LogP) is 3.76. The molecule has 0 N–H and O–H groups in total. The van der Waals surface area contributed by atoms with E-state index in [0.29, 0.717) is 13.2 Å². The Bertz CT molecular complexity index is 277. The molecule has 0 bridgehead atoms. The van der Waals surface area contributed by atoms with E-state index in [9.17, 15) is 9.36 Å². The summed E-state index contributed by atoms with van der Waals surface area (Å²) in [4.78, 5) is 11.6. The second-order valence-corrected chi connectivity index (χ2v) is 6.74. The number of esters is 1. The van der Waals surface area contributed by atoms with Crippen molar-refractivity contribution in [1.82, 2.24) is 0 Å². The Labute approximate surface area is 116 Å². The van der Waals surface area contributed by atoms with Crippen LogP contribution in [0.15, 0.2) is 0 Å². The zero-order chi connectivity index (χ0) is 14.7. The van der Waals surface area contributed by atoms with Crippen LogP contribution in [0.5, 0.6) is 0 Å². The Hall–Kier alpha value is -0.380. The zero-order valence-electron chi connectivity index (χ0n) is 12.5. The summed E-state index contributed by atoms with van der Waals surface area (Å²) in [5.74, 6) is -0.536. The van der Waals surface area contributed by atoms with Gasteiger partial charge in [0.2, 0.25) is 0 Å². The molecule has 5 nitrogen and oxygen atoms in total. The van der Waals surface area contributed by atoms with Gasteiger partial charge in [-0.25, -0.2) is 0 Å². The molecular formula is C13H27O5P. The Morgan fingerprint density at radius 3 is 1.89 bits per heavy atom. The second-order valence-electron chi connectivity index (χ2n) is 4.68. The van der Waals surface area contributed by atoms with Crippen molar-refractivity contribution < 1.29 is 23.1 Å². The summed E-state index contributed by atoms with van der Waals surface area (Å²) in [5, 5.41) is 0. The third kappa shape index (κ3) is 10.1. The van der Waals surface area contributed by atoms with Crippen LogP contribution < -0.4 is 0 Å². The lowest BCUT2D eigenvalue weighted by atomic mass is 10.4. The van der Waals surface area contributed by atoms with Crippen LogP contribution in [0.1, 0.15) is 53.4 Å². The fourth-order valence-electron chi connectivity index (χ4n) is 1.28. The van der Waals surface area contributed by atoms with Gasteiger partial charge in [0.15, 0.2) is 0 Å². The van der Waals surface area contributed by atoms with E-state index in [1.54, 1.807) is 13.8 Å². The summed E-state index contributed by atoms with van der Waals surface area (Å²) in [6.07, 6.45) is 2.92. The van der Waals surface area contributed by atoms with Gasteiger partial charge in [-0.3, -0.25) is 9.36 Å². The summed E-state index contributed by atoms with van der Waals surface area (Å²) in [6.45, 7) is 8.21. The molecule has 0 saturated carbocycles. The maximum Gasteiger partial charge on any atom is 0.341 e. The highest BCUT2D eigenvalue weighted by molar-refractivity contribution is 7.54. The summed E-state index contributed by atoms with van der Waals surface area (Å²) in [7, 11) is -3.37. The summed E-state index contributed by atoms with van der Waals surface area (Å²) >= 11 is 0. The van der Waals surface area contributed by atoms with Gasteiger partial charge in [-0.2, -0.15) is 0 Å². The molecule has 114 valence electrons. The first-order valence-corrected chi connectivity index (χ1v) is 8.74. The molecule has 0 radical (unpaired) electrons. The van der Waals surface area contributed by atoms with Gasteiger partial charge in [0, 0.05) is 0 Å². The monoisotopic (exact) mass is 294 g/mol. The van der Waals surface area contributed by atoms with Crippen LogP contribution in [0.4, 0.5) is 0 Å². The number of rotatable bonds is 11. The van der Waals surface area contributed by atoms with Crippen molar-refractivity contribution in [3.63, 3.8) is 0 Å². The molecule has 0 aromatic rings.